The number of halogens is 2. The number of aliphatic carboxylic acids is 1. The molecule has 3 atom stereocenters. The van der Waals surface area contributed by atoms with E-state index < -0.39 is 29.6 Å². The topological polar surface area (TPSA) is 84.7 Å². The van der Waals surface area contributed by atoms with Crippen LogP contribution in [0.25, 0.3) is 11.0 Å². The Labute approximate surface area is 207 Å². The fourth-order valence-corrected chi connectivity index (χ4v) is 5.81. The fraction of sp³-hybridized carbons (Fsp3) is 0.444. The molecule has 1 fully saturated rings. The number of fused-ring (bicyclic) bond motifs is 3. The minimum atomic E-state index is -0.918. The van der Waals surface area contributed by atoms with E-state index in [1.807, 2.05) is 19.1 Å². The normalized spacial score (nSPS) is 21.9. The van der Waals surface area contributed by atoms with Crippen molar-refractivity contribution in [3.63, 3.8) is 0 Å². The summed E-state index contributed by atoms with van der Waals surface area (Å²) < 4.78 is 34.6. The van der Waals surface area contributed by atoms with Crippen LogP contribution >= 0.6 is 0 Å². The second kappa shape index (κ2) is 9.52. The van der Waals surface area contributed by atoms with E-state index in [1.54, 1.807) is 11.0 Å². The third kappa shape index (κ3) is 4.20. The maximum absolute atomic E-state index is 14.0. The Hall–Kier alpha value is -3.49. The number of rotatable bonds is 4. The second-order valence-corrected chi connectivity index (χ2v) is 9.84. The average Bonchev–Trinajstić information content (AvgIpc) is 3.23. The fourth-order valence-electron chi connectivity index (χ4n) is 5.81. The van der Waals surface area contributed by atoms with Gasteiger partial charge in [0.25, 0.3) is 0 Å². The molecule has 1 amide bonds. The summed E-state index contributed by atoms with van der Waals surface area (Å²) in [7, 11) is 1.36. The van der Waals surface area contributed by atoms with Gasteiger partial charge in [0.05, 0.1) is 29.7 Å². The molecular formula is C27H29F2N3O4. The number of benzene rings is 2. The van der Waals surface area contributed by atoms with Crippen molar-refractivity contribution in [2.45, 2.75) is 64.0 Å². The molecule has 2 aliphatic rings. The van der Waals surface area contributed by atoms with E-state index in [2.05, 4.69) is 4.57 Å². The Balaban J connectivity index is 1.65. The Morgan fingerprint density at radius 3 is 2.67 bits per heavy atom. The number of nitrogens with zero attached hydrogens (tertiary/aromatic N) is 3. The van der Waals surface area contributed by atoms with Crippen LogP contribution < -0.4 is 4.90 Å². The highest BCUT2D eigenvalue weighted by atomic mass is 19.2. The number of carboxylic acid groups (broad SMARTS) is 1. The summed E-state index contributed by atoms with van der Waals surface area (Å²) >= 11 is 0. The first-order chi connectivity index (χ1) is 17.3. The van der Waals surface area contributed by atoms with Crippen LogP contribution in [0.4, 0.5) is 19.3 Å². The van der Waals surface area contributed by atoms with Gasteiger partial charge in [0.2, 0.25) is 0 Å². The molecule has 190 valence electrons. The van der Waals surface area contributed by atoms with Crippen molar-refractivity contribution in [1.82, 2.24) is 9.55 Å². The van der Waals surface area contributed by atoms with Gasteiger partial charge in [0.1, 0.15) is 5.82 Å². The quantitative estimate of drug-likeness (QED) is 0.505. The van der Waals surface area contributed by atoms with Gasteiger partial charge in [0, 0.05) is 24.1 Å². The molecule has 36 heavy (non-hydrogen) atoms. The predicted octanol–water partition coefficient (Wildman–Crippen LogP) is 5.63. The Morgan fingerprint density at radius 2 is 1.94 bits per heavy atom. The molecule has 2 heterocycles. The third-order valence-electron chi connectivity index (χ3n) is 7.61. The van der Waals surface area contributed by atoms with Crippen molar-refractivity contribution in [2.24, 2.45) is 5.92 Å². The number of methoxy groups -OCH3 is 1. The van der Waals surface area contributed by atoms with E-state index in [9.17, 15) is 23.5 Å². The molecule has 2 aromatic carbocycles. The molecule has 9 heteroatoms. The van der Waals surface area contributed by atoms with Crippen molar-refractivity contribution in [2.75, 3.05) is 12.0 Å². The van der Waals surface area contributed by atoms with Gasteiger partial charge in [-0.05, 0) is 68.9 Å². The lowest BCUT2D eigenvalue weighted by molar-refractivity contribution is -0.143. The van der Waals surface area contributed by atoms with Gasteiger partial charge in [0.15, 0.2) is 11.6 Å². The van der Waals surface area contributed by atoms with Crippen molar-refractivity contribution in [3.05, 3.63) is 58.9 Å². The lowest BCUT2D eigenvalue weighted by Gasteiger charge is -2.34. The van der Waals surface area contributed by atoms with E-state index in [-0.39, 0.29) is 18.5 Å². The van der Waals surface area contributed by atoms with Gasteiger partial charge in [-0.1, -0.05) is 12.5 Å². The van der Waals surface area contributed by atoms with E-state index in [0.717, 1.165) is 54.0 Å². The number of carbonyl (C=O) groups is 2. The highest BCUT2D eigenvalue weighted by molar-refractivity contribution is 5.95. The van der Waals surface area contributed by atoms with Gasteiger partial charge in [-0.15, -0.1) is 0 Å². The first-order valence-corrected chi connectivity index (χ1v) is 12.3. The van der Waals surface area contributed by atoms with Crippen LogP contribution in [0, 0.1) is 17.6 Å². The lowest BCUT2D eigenvalue weighted by Crippen LogP contribution is -2.42. The molecule has 1 N–H and O–H groups in total. The number of aryl methyl sites for hydroxylation is 1. The molecule has 0 spiro atoms. The zero-order chi connectivity index (χ0) is 25.6. The van der Waals surface area contributed by atoms with Crippen LogP contribution in [0.5, 0.6) is 0 Å². The highest BCUT2D eigenvalue weighted by Crippen LogP contribution is 2.41. The number of aromatic nitrogens is 2. The number of ether oxygens (including phenoxy) is 1. The Kier molecular flexibility index (Phi) is 6.40. The summed E-state index contributed by atoms with van der Waals surface area (Å²) in [5, 5.41) is 9.66. The van der Waals surface area contributed by atoms with Gasteiger partial charge in [-0.3, -0.25) is 9.69 Å². The summed E-state index contributed by atoms with van der Waals surface area (Å²) in [6.45, 7) is 1.98. The summed E-state index contributed by atoms with van der Waals surface area (Å²) in [5.41, 5.74) is 3.89. The van der Waals surface area contributed by atoms with Gasteiger partial charge in [-0.2, -0.15) is 0 Å². The van der Waals surface area contributed by atoms with Crippen LogP contribution in [-0.4, -0.2) is 39.9 Å². The third-order valence-corrected chi connectivity index (χ3v) is 7.61. The van der Waals surface area contributed by atoms with Crippen molar-refractivity contribution < 1.29 is 28.2 Å². The number of carbonyl (C=O) groups excluding carboxylic acids is 1. The first-order valence-electron chi connectivity index (χ1n) is 12.3. The van der Waals surface area contributed by atoms with E-state index in [4.69, 9.17) is 9.72 Å². The van der Waals surface area contributed by atoms with E-state index >= 15 is 0 Å². The van der Waals surface area contributed by atoms with Crippen molar-refractivity contribution >= 4 is 28.8 Å². The van der Waals surface area contributed by atoms with Crippen LogP contribution in [0.15, 0.2) is 30.3 Å². The van der Waals surface area contributed by atoms with Gasteiger partial charge in [-0.25, -0.2) is 18.6 Å². The molecule has 5 rings (SSSR count). The minimum absolute atomic E-state index is 0.0270. The van der Waals surface area contributed by atoms with E-state index in [1.165, 1.54) is 13.2 Å². The van der Waals surface area contributed by atoms with Crippen LogP contribution in [0.1, 0.15) is 62.0 Å². The van der Waals surface area contributed by atoms with Crippen LogP contribution in [0.3, 0.4) is 0 Å². The molecular weight excluding hydrogens is 468 g/mol. The van der Waals surface area contributed by atoms with Crippen molar-refractivity contribution in [1.29, 1.82) is 0 Å². The molecule has 0 saturated heterocycles. The Bertz CT molecular complexity index is 1340. The summed E-state index contributed by atoms with van der Waals surface area (Å²) in [4.78, 5) is 31.0. The number of imidazole rings is 1. The SMILES string of the molecule is COC(=O)N1c2ccc3c(nc(Cc4ccc(F)c(F)c4)n3[C@@H]3CCC[C@@H](C(=O)O)C3)c2CCC1C. The maximum Gasteiger partial charge on any atom is 0.414 e. The first kappa shape index (κ1) is 24.2. The molecule has 1 aromatic heterocycles. The van der Waals surface area contributed by atoms with Crippen LogP contribution in [-0.2, 0) is 22.4 Å². The number of carboxylic acids is 1. The number of anilines is 1. The zero-order valence-electron chi connectivity index (χ0n) is 20.3. The molecule has 3 aromatic rings. The summed E-state index contributed by atoms with van der Waals surface area (Å²) in [6, 6.07) is 7.55. The summed E-state index contributed by atoms with van der Waals surface area (Å²) in [6.07, 6.45) is 4.02. The standard InChI is InChI=1S/C27H29F2N3O4/c1-15-6-8-19-22(31(15)27(35)36-2)10-11-23-25(19)30-24(13-16-7-9-20(28)21(29)12-16)32(23)18-5-3-4-17(14-18)26(33)34/h7,9-12,15,17-18H,3-6,8,13-14H2,1-2H3,(H,33,34)/t15?,17-,18-/m1/s1. The Morgan fingerprint density at radius 1 is 1.14 bits per heavy atom. The van der Waals surface area contributed by atoms with Crippen LogP contribution in [0.2, 0.25) is 0 Å². The lowest BCUT2D eigenvalue weighted by atomic mass is 9.85. The van der Waals surface area contributed by atoms with Gasteiger partial charge >= 0.3 is 12.1 Å². The zero-order valence-corrected chi connectivity index (χ0v) is 20.3. The molecule has 1 aliphatic carbocycles. The largest absolute Gasteiger partial charge is 0.481 e. The number of amides is 1. The minimum Gasteiger partial charge on any atom is -0.481 e. The molecule has 1 unspecified atom stereocenters. The maximum atomic E-state index is 14.0. The smallest absolute Gasteiger partial charge is 0.414 e. The predicted molar refractivity (Wildman–Crippen MR) is 130 cm³/mol. The number of hydrogen-bond acceptors (Lipinski definition) is 4. The molecule has 1 saturated carbocycles. The second-order valence-electron chi connectivity index (χ2n) is 9.84. The average molecular weight is 498 g/mol. The summed E-state index contributed by atoms with van der Waals surface area (Å²) in [5.74, 6) is -2.39. The number of hydrogen-bond donors (Lipinski definition) is 1. The molecule has 0 radical (unpaired) electrons. The monoisotopic (exact) mass is 497 g/mol. The molecule has 7 nitrogen and oxygen atoms in total. The highest BCUT2D eigenvalue weighted by Gasteiger charge is 2.34. The molecule has 1 aliphatic heterocycles. The van der Waals surface area contributed by atoms with Crippen molar-refractivity contribution in [3.8, 4) is 0 Å². The van der Waals surface area contributed by atoms with Gasteiger partial charge < -0.3 is 14.4 Å². The molecule has 0 bridgehead atoms. The van der Waals surface area contributed by atoms with E-state index in [0.29, 0.717) is 24.2 Å².